The van der Waals surface area contributed by atoms with Crippen molar-refractivity contribution in [3.63, 3.8) is 0 Å². The molecule has 2 nitrogen and oxygen atoms in total. The van der Waals surface area contributed by atoms with Gasteiger partial charge in [0, 0.05) is 5.41 Å². The number of aromatic hydroxyl groups is 1. The summed E-state index contributed by atoms with van der Waals surface area (Å²) in [5.74, 6) is 2.30. The van der Waals surface area contributed by atoms with Crippen molar-refractivity contribution >= 4 is 22.6 Å². The van der Waals surface area contributed by atoms with Crippen molar-refractivity contribution in [2.24, 2.45) is 17.3 Å². The summed E-state index contributed by atoms with van der Waals surface area (Å²) in [7, 11) is 0. The van der Waals surface area contributed by atoms with Crippen molar-refractivity contribution < 1.29 is 10.2 Å². The molecule has 0 spiro atoms. The van der Waals surface area contributed by atoms with Gasteiger partial charge in [-0.15, -0.1) is 0 Å². The molecule has 1 aromatic rings. The van der Waals surface area contributed by atoms with E-state index in [1.165, 1.54) is 17.5 Å². The van der Waals surface area contributed by atoms with Crippen LogP contribution in [-0.2, 0) is 6.42 Å². The van der Waals surface area contributed by atoms with Gasteiger partial charge in [-0.05, 0) is 89.7 Å². The maximum atomic E-state index is 11.2. The van der Waals surface area contributed by atoms with Crippen LogP contribution in [0.25, 0.3) is 0 Å². The van der Waals surface area contributed by atoms with Crippen LogP contribution >= 0.6 is 22.6 Å². The molecule has 0 saturated heterocycles. The third-order valence-corrected chi connectivity index (χ3v) is 7.62. The SMILES string of the molecule is C[C@]12CC[C@@H]3c4ccc(O)cc4CC[C@@H]3[C@@H]1CC[C@@]2(O)C=CI. The molecule has 0 amide bonds. The molecule has 0 unspecified atom stereocenters. The first kappa shape index (κ1) is 15.9. The number of rotatable bonds is 1. The zero-order valence-electron chi connectivity index (χ0n) is 13.6. The summed E-state index contributed by atoms with van der Waals surface area (Å²) in [6.07, 6.45) is 8.61. The molecule has 3 heteroatoms. The van der Waals surface area contributed by atoms with Gasteiger partial charge in [0.15, 0.2) is 0 Å². The van der Waals surface area contributed by atoms with Crippen LogP contribution in [-0.4, -0.2) is 15.8 Å². The molecular formula is C20H25IO2. The van der Waals surface area contributed by atoms with Gasteiger partial charge in [-0.1, -0.05) is 35.6 Å². The highest BCUT2D eigenvalue weighted by Crippen LogP contribution is 2.64. The molecule has 2 saturated carbocycles. The molecule has 0 aliphatic heterocycles. The summed E-state index contributed by atoms with van der Waals surface area (Å²) in [5, 5.41) is 21.0. The molecule has 0 bridgehead atoms. The molecule has 0 heterocycles. The van der Waals surface area contributed by atoms with Crippen LogP contribution in [0.4, 0.5) is 0 Å². The van der Waals surface area contributed by atoms with Crippen LogP contribution in [0.15, 0.2) is 28.4 Å². The molecule has 3 aliphatic rings. The van der Waals surface area contributed by atoms with Crippen LogP contribution in [0.1, 0.15) is 56.1 Å². The lowest BCUT2D eigenvalue weighted by molar-refractivity contribution is -0.0708. The number of phenols is 1. The summed E-state index contributed by atoms with van der Waals surface area (Å²) in [6.45, 7) is 2.32. The Morgan fingerprint density at radius 2 is 2.04 bits per heavy atom. The number of halogens is 1. The quantitative estimate of drug-likeness (QED) is 0.628. The van der Waals surface area contributed by atoms with E-state index in [1.54, 1.807) is 0 Å². The Morgan fingerprint density at radius 3 is 2.83 bits per heavy atom. The standard InChI is InChI=1S/C20H25IO2/c1-19-8-6-16-15-5-3-14(22)12-13(15)2-4-17(16)18(19)7-9-20(19,23)10-11-21/h3,5,10-12,16-18,22-23H,2,4,6-9H2,1H3/t16-,17+,18+,19+,20-/m1/s1. The van der Waals surface area contributed by atoms with Crippen molar-refractivity contribution in [2.45, 2.75) is 57.0 Å². The van der Waals surface area contributed by atoms with Gasteiger partial charge in [0.25, 0.3) is 0 Å². The molecule has 0 aromatic heterocycles. The van der Waals surface area contributed by atoms with Gasteiger partial charge in [0.05, 0.1) is 5.60 Å². The Balaban J connectivity index is 1.70. The summed E-state index contributed by atoms with van der Waals surface area (Å²) in [4.78, 5) is 0. The first-order valence-corrected chi connectivity index (χ1v) is 10.1. The number of aliphatic hydroxyl groups is 1. The zero-order chi connectivity index (χ0) is 16.2. The van der Waals surface area contributed by atoms with Crippen molar-refractivity contribution in [1.82, 2.24) is 0 Å². The number of phenolic OH excluding ortho intramolecular Hbond substituents is 1. The summed E-state index contributed by atoms with van der Waals surface area (Å²) in [5.41, 5.74) is 2.19. The topological polar surface area (TPSA) is 40.5 Å². The van der Waals surface area contributed by atoms with Crippen LogP contribution < -0.4 is 0 Å². The molecule has 5 atom stereocenters. The summed E-state index contributed by atoms with van der Waals surface area (Å²) >= 11 is 2.23. The largest absolute Gasteiger partial charge is 0.508 e. The fourth-order valence-corrected chi connectivity index (χ4v) is 6.59. The minimum Gasteiger partial charge on any atom is -0.508 e. The van der Waals surface area contributed by atoms with E-state index in [0.29, 0.717) is 23.5 Å². The zero-order valence-corrected chi connectivity index (χ0v) is 15.8. The lowest BCUT2D eigenvalue weighted by Gasteiger charge is -2.52. The Hall–Kier alpha value is -0.550. The lowest BCUT2D eigenvalue weighted by atomic mass is 9.53. The minimum atomic E-state index is -0.626. The van der Waals surface area contributed by atoms with Gasteiger partial charge >= 0.3 is 0 Å². The smallest absolute Gasteiger partial charge is 0.115 e. The molecule has 23 heavy (non-hydrogen) atoms. The van der Waals surface area contributed by atoms with E-state index in [1.807, 2.05) is 22.3 Å². The van der Waals surface area contributed by atoms with Gasteiger partial charge in [-0.3, -0.25) is 0 Å². The van der Waals surface area contributed by atoms with Gasteiger partial charge in [0.2, 0.25) is 0 Å². The van der Waals surface area contributed by atoms with E-state index < -0.39 is 5.60 Å². The van der Waals surface area contributed by atoms with Gasteiger partial charge in [0.1, 0.15) is 5.75 Å². The molecule has 2 fully saturated rings. The Morgan fingerprint density at radius 1 is 1.22 bits per heavy atom. The molecule has 4 rings (SSSR count). The van der Waals surface area contributed by atoms with E-state index in [0.717, 1.165) is 32.1 Å². The second kappa shape index (κ2) is 5.48. The molecule has 0 radical (unpaired) electrons. The fraction of sp³-hybridized carbons (Fsp3) is 0.600. The van der Waals surface area contributed by atoms with Crippen molar-refractivity contribution in [3.05, 3.63) is 39.5 Å². The monoisotopic (exact) mass is 424 g/mol. The van der Waals surface area contributed by atoms with Crippen LogP contribution in [0.5, 0.6) is 5.75 Å². The summed E-state index contributed by atoms with van der Waals surface area (Å²) in [6, 6.07) is 5.96. The number of benzene rings is 1. The highest BCUT2D eigenvalue weighted by Gasteiger charge is 2.60. The average molecular weight is 424 g/mol. The fourth-order valence-electron chi connectivity index (χ4n) is 6.00. The number of hydrogen-bond donors (Lipinski definition) is 2. The highest BCUT2D eigenvalue weighted by molar-refractivity contribution is 14.1. The van der Waals surface area contributed by atoms with E-state index in [9.17, 15) is 10.2 Å². The summed E-state index contributed by atoms with van der Waals surface area (Å²) < 4.78 is 2.00. The maximum Gasteiger partial charge on any atom is 0.115 e. The van der Waals surface area contributed by atoms with Crippen LogP contribution in [0.2, 0.25) is 0 Å². The molecule has 3 aliphatic carbocycles. The first-order chi connectivity index (χ1) is 11.0. The van der Waals surface area contributed by atoms with Crippen LogP contribution in [0.3, 0.4) is 0 Å². The number of hydrogen-bond acceptors (Lipinski definition) is 2. The Kier molecular flexibility index (Phi) is 3.80. The Labute approximate surface area is 152 Å². The second-order valence-electron chi connectivity index (χ2n) is 8.01. The van der Waals surface area contributed by atoms with Gasteiger partial charge < -0.3 is 10.2 Å². The second-order valence-corrected chi connectivity index (χ2v) is 8.73. The number of aryl methyl sites for hydroxylation is 1. The Bertz CT molecular complexity index is 655. The van der Waals surface area contributed by atoms with Crippen molar-refractivity contribution in [3.8, 4) is 5.75 Å². The molecule has 1 aromatic carbocycles. The third kappa shape index (κ3) is 2.22. The third-order valence-electron chi connectivity index (χ3n) is 7.26. The molecule has 124 valence electrons. The van der Waals surface area contributed by atoms with E-state index in [2.05, 4.69) is 35.6 Å². The minimum absolute atomic E-state index is 0.0181. The predicted molar refractivity (Wildman–Crippen MR) is 101 cm³/mol. The van der Waals surface area contributed by atoms with E-state index in [4.69, 9.17) is 0 Å². The van der Waals surface area contributed by atoms with Gasteiger partial charge in [-0.2, -0.15) is 0 Å². The lowest BCUT2D eigenvalue weighted by Crippen LogP contribution is -2.49. The highest BCUT2D eigenvalue weighted by atomic mass is 127. The van der Waals surface area contributed by atoms with E-state index >= 15 is 0 Å². The van der Waals surface area contributed by atoms with Gasteiger partial charge in [-0.25, -0.2) is 0 Å². The van der Waals surface area contributed by atoms with Crippen molar-refractivity contribution in [2.75, 3.05) is 0 Å². The first-order valence-electron chi connectivity index (χ1n) is 8.80. The van der Waals surface area contributed by atoms with Crippen LogP contribution in [0, 0.1) is 17.3 Å². The molecule has 2 N–H and O–H groups in total. The normalized spacial score (nSPS) is 42.3. The van der Waals surface area contributed by atoms with Crippen molar-refractivity contribution in [1.29, 1.82) is 0 Å². The average Bonchev–Trinajstić information content (AvgIpc) is 2.79. The molecular weight excluding hydrogens is 399 g/mol. The van der Waals surface area contributed by atoms with E-state index in [-0.39, 0.29) is 5.41 Å². The number of fused-ring (bicyclic) bond motifs is 5. The predicted octanol–water partition coefficient (Wildman–Crippen LogP) is 4.93. The maximum absolute atomic E-state index is 11.2.